The Bertz CT molecular complexity index is 435. The minimum Gasteiger partial charge on any atom is -0.518 e. The summed E-state index contributed by atoms with van der Waals surface area (Å²) in [6.07, 6.45) is -0.290. The zero-order valence-corrected chi connectivity index (χ0v) is 21.4. The minimum atomic E-state index is -2.24. The highest BCUT2D eigenvalue weighted by Crippen LogP contribution is 2.43. The van der Waals surface area contributed by atoms with Gasteiger partial charge in [0.1, 0.15) is 0 Å². The summed E-state index contributed by atoms with van der Waals surface area (Å²) in [4.78, 5) is 13.1. The van der Waals surface area contributed by atoms with E-state index in [4.69, 9.17) is 14.6 Å². The molecule has 6 heteroatoms. The van der Waals surface area contributed by atoms with Gasteiger partial charge in [-0.15, -0.1) is 0 Å². The molecule has 0 aliphatic rings. The highest BCUT2D eigenvalue weighted by molar-refractivity contribution is 6.79. The maximum absolute atomic E-state index is 13.1. The highest BCUT2D eigenvalue weighted by Gasteiger charge is 2.49. The predicted molar refractivity (Wildman–Crippen MR) is 117 cm³/mol. The molecule has 0 fully saturated rings. The molecule has 4 nitrogen and oxygen atoms in total. The van der Waals surface area contributed by atoms with E-state index in [0.717, 1.165) is 0 Å². The molecule has 2 N–H and O–H groups in total. The molecule has 0 amide bonds. The summed E-state index contributed by atoms with van der Waals surface area (Å²) in [5.41, 5.74) is 7.12. The van der Waals surface area contributed by atoms with Crippen LogP contribution in [0.15, 0.2) is 0 Å². The van der Waals surface area contributed by atoms with Crippen molar-refractivity contribution in [1.29, 1.82) is 0 Å². The molecule has 0 bridgehead atoms. The molecule has 0 aliphatic heterocycles. The van der Waals surface area contributed by atoms with E-state index in [1.54, 1.807) is 0 Å². The minimum absolute atomic E-state index is 0.0797. The SMILES string of the molecule is CC(C)[Si](OC(=O)[C@@H](C)[C@@H](CN)O[Si](C)(C)C(C)(C)C)(C(C)C)C(C)C. The zero-order valence-electron chi connectivity index (χ0n) is 19.4. The number of rotatable bonds is 9. The van der Waals surface area contributed by atoms with Crippen molar-refractivity contribution in [3.05, 3.63) is 0 Å². The second kappa shape index (κ2) is 9.35. The lowest BCUT2D eigenvalue weighted by Crippen LogP contribution is -2.53. The third-order valence-electron chi connectivity index (χ3n) is 6.40. The molecule has 0 unspecified atom stereocenters. The standard InChI is InChI=1S/C20H45NO3Si2/c1-14(2)26(15(3)4,16(5)6)24-19(22)17(7)18(13-21)23-25(11,12)20(8,9)10/h14-18H,13,21H2,1-12H3/t17-,18+/m0/s1. The monoisotopic (exact) mass is 403 g/mol. The first-order chi connectivity index (χ1) is 11.5. The summed E-state index contributed by atoms with van der Waals surface area (Å²) in [6, 6.07) is 0. The number of hydrogen-bond acceptors (Lipinski definition) is 4. The van der Waals surface area contributed by atoms with Crippen molar-refractivity contribution >= 4 is 22.6 Å². The third kappa shape index (κ3) is 5.66. The highest BCUT2D eigenvalue weighted by atomic mass is 28.4. The van der Waals surface area contributed by atoms with Crippen LogP contribution in [-0.2, 0) is 13.6 Å². The smallest absolute Gasteiger partial charge is 0.298 e. The van der Waals surface area contributed by atoms with E-state index in [1.807, 2.05) is 6.92 Å². The van der Waals surface area contributed by atoms with Crippen LogP contribution in [0.1, 0.15) is 69.2 Å². The molecule has 0 spiro atoms. The maximum atomic E-state index is 13.1. The van der Waals surface area contributed by atoms with Crippen molar-refractivity contribution in [2.24, 2.45) is 11.7 Å². The lowest BCUT2D eigenvalue weighted by molar-refractivity contribution is -0.142. The van der Waals surface area contributed by atoms with Gasteiger partial charge in [0.15, 0.2) is 8.32 Å². The fourth-order valence-electron chi connectivity index (χ4n) is 3.68. The molecule has 2 atom stereocenters. The Morgan fingerprint density at radius 2 is 1.31 bits per heavy atom. The zero-order chi connectivity index (χ0) is 21.1. The topological polar surface area (TPSA) is 61.5 Å². The first kappa shape index (κ1) is 25.8. The summed E-state index contributed by atoms with van der Waals surface area (Å²) in [5, 5.41) is 0.0797. The second-order valence-electron chi connectivity index (χ2n) is 10.2. The van der Waals surface area contributed by atoms with Gasteiger partial charge in [0.2, 0.25) is 0 Å². The van der Waals surface area contributed by atoms with Gasteiger partial charge in [-0.05, 0) is 41.7 Å². The van der Waals surface area contributed by atoms with Crippen LogP contribution in [0.2, 0.25) is 34.8 Å². The van der Waals surface area contributed by atoms with E-state index < -0.39 is 16.6 Å². The Kier molecular flexibility index (Phi) is 9.28. The van der Waals surface area contributed by atoms with Crippen LogP contribution in [0.4, 0.5) is 0 Å². The van der Waals surface area contributed by atoms with Crippen molar-refractivity contribution in [3.63, 3.8) is 0 Å². The summed E-state index contributed by atoms with van der Waals surface area (Å²) in [6.45, 7) is 26.4. The number of carbonyl (C=O) groups is 1. The van der Waals surface area contributed by atoms with Crippen LogP contribution in [0, 0.1) is 5.92 Å². The third-order valence-corrected chi connectivity index (χ3v) is 16.9. The van der Waals surface area contributed by atoms with E-state index in [1.165, 1.54) is 0 Å². The Labute approximate surface area is 164 Å². The average Bonchev–Trinajstić information content (AvgIpc) is 2.46. The van der Waals surface area contributed by atoms with Crippen LogP contribution < -0.4 is 5.73 Å². The predicted octanol–water partition coefficient (Wildman–Crippen LogP) is 5.69. The van der Waals surface area contributed by atoms with Crippen molar-refractivity contribution in [1.82, 2.24) is 0 Å². The second-order valence-corrected chi connectivity index (χ2v) is 20.3. The van der Waals surface area contributed by atoms with Crippen molar-refractivity contribution in [2.45, 2.75) is 110 Å². The molecule has 0 heterocycles. The molecule has 0 aromatic heterocycles. The van der Waals surface area contributed by atoms with Crippen molar-refractivity contribution in [2.75, 3.05) is 6.54 Å². The summed E-state index contributed by atoms with van der Waals surface area (Å²) in [7, 11) is -4.24. The van der Waals surface area contributed by atoms with Crippen LogP contribution in [0.5, 0.6) is 0 Å². The van der Waals surface area contributed by atoms with Gasteiger partial charge < -0.3 is 14.6 Å². The van der Waals surface area contributed by atoms with Gasteiger partial charge in [0.05, 0.1) is 12.0 Å². The fraction of sp³-hybridized carbons (Fsp3) is 0.950. The van der Waals surface area contributed by atoms with Gasteiger partial charge in [-0.25, -0.2) is 0 Å². The largest absolute Gasteiger partial charge is 0.518 e. The molecule has 0 radical (unpaired) electrons. The molecule has 26 heavy (non-hydrogen) atoms. The summed E-state index contributed by atoms with van der Waals surface area (Å²) < 4.78 is 12.8. The first-order valence-electron chi connectivity index (χ1n) is 10.1. The number of carbonyl (C=O) groups excluding carboxylic acids is 1. The van der Waals surface area contributed by atoms with Crippen molar-refractivity contribution in [3.8, 4) is 0 Å². The van der Waals surface area contributed by atoms with Gasteiger partial charge in [0, 0.05) is 6.54 Å². The normalized spacial score (nSPS) is 16.3. The Morgan fingerprint density at radius 1 is 0.923 bits per heavy atom. The van der Waals surface area contributed by atoms with Gasteiger partial charge in [0.25, 0.3) is 14.3 Å². The van der Waals surface area contributed by atoms with E-state index in [-0.39, 0.29) is 23.0 Å². The molecule has 0 aromatic carbocycles. The Balaban J connectivity index is 5.51. The quantitative estimate of drug-likeness (QED) is 0.502. The Hall–Kier alpha value is -0.176. The molecular weight excluding hydrogens is 358 g/mol. The summed E-state index contributed by atoms with van der Waals surface area (Å²) >= 11 is 0. The Morgan fingerprint density at radius 3 is 1.58 bits per heavy atom. The first-order valence-corrected chi connectivity index (χ1v) is 15.2. The van der Waals surface area contributed by atoms with Gasteiger partial charge in [-0.1, -0.05) is 62.3 Å². The molecule has 0 aromatic rings. The van der Waals surface area contributed by atoms with Gasteiger partial charge in [-0.3, -0.25) is 4.79 Å². The van der Waals surface area contributed by atoms with Gasteiger partial charge >= 0.3 is 0 Å². The lowest BCUT2D eigenvalue weighted by atomic mass is 10.1. The fourth-order valence-corrected chi connectivity index (χ4v) is 10.3. The lowest BCUT2D eigenvalue weighted by Gasteiger charge is -2.43. The van der Waals surface area contributed by atoms with Crippen molar-refractivity contribution < 1.29 is 13.6 Å². The van der Waals surface area contributed by atoms with E-state index >= 15 is 0 Å². The maximum Gasteiger partial charge on any atom is 0.298 e. The molecule has 0 saturated heterocycles. The van der Waals surface area contributed by atoms with Crippen LogP contribution in [0.3, 0.4) is 0 Å². The van der Waals surface area contributed by atoms with E-state index in [2.05, 4.69) is 75.4 Å². The molecular formula is C20H45NO3Si2. The summed E-state index contributed by atoms with van der Waals surface area (Å²) in [5.74, 6) is -0.487. The van der Waals surface area contributed by atoms with E-state index in [9.17, 15) is 4.79 Å². The molecule has 0 saturated carbocycles. The molecule has 0 aliphatic carbocycles. The molecule has 0 rings (SSSR count). The number of nitrogens with two attached hydrogens (primary N) is 1. The number of hydrogen-bond donors (Lipinski definition) is 1. The average molecular weight is 404 g/mol. The molecule has 156 valence electrons. The van der Waals surface area contributed by atoms with Crippen LogP contribution in [0.25, 0.3) is 0 Å². The van der Waals surface area contributed by atoms with Gasteiger partial charge in [-0.2, -0.15) is 0 Å². The van der Waals surface area contributed by atoms with Crippen LogP contribution >= 0.6 is 0 Å². The van der Waals surface area contributed by atoms with Crippen LogP contribution in [-0.4, -0.2) is 35.3 Å². The van der Waals surface area contributed by atoms with E-state index in [0.29, 0.717) is 23.2 Å².